The number of fused-ring (bicyclic) bond motifs is 2. The molecule has 0 aromatic carbocycles. The van der Waals surface area contributed by atoms with Crippen LogP contribution in [0, 0.1) is 11.8 Å². The molecule has 0 spiro atoms. The van der Waals surface area contributed by atoms with E-state index in [9.17, 15) is 18.8 Å². The first-order valence-corrected chi connectivity index (χ1v) is 11.2. The number of carbonyl (C=O) groups excluding carboxylic acids is 3. The van der Waals surface area contributed by atoms with Crippen LogP contribution in [0.15, 0.2) is 35.1 Å². The minimum atomic E-state index is -1.07. The van der Waals surface area contributed by atoms with Crippen LogP contribution in [-0.4, -0.2) is 67.1 Å². The van der Waals surface area contributed by atoms with E-state index in [2.05, 4.69) is 10.6 Å². The summed E-state index contributed by atoms with van der Waals surface area (Å²) in [6.07, 6.45) is 8.02. The number of ketones is 1. The average Bonchev–Trinajstić information content (AvgIpc) is 3.36. The molecule has 8 heteroatoms. The lowest BCUT2D eigenvalue weighted by atomic mass is 9.77. The molecule has 2 unspecified atom stereocenters. The maximum absolute atomic E-state index is 14.3. The van der Waals surface area contributed by atoms with Gasteiger partial charge in [0.25, 0.3) is 0 Å². The van der Waals surface area contributed by atoms with E-state index in [0.717, 1.165) is 29.7 Å². The summed E-state index contributed by atoms with van der Waals surface area (Å²) in [5, 5.41) is 6.08. The average molecular weight is 429 g/mol. The Balaban J connectivity index is 1.27. The van der Waals surface area contributed by atoms with Gasteiger partial charge in [-0.2, -0.15) is 0 Å². The summed E-state index contributed by atoms with van der Waals surface area (Å²) in [6.45, 7) is 1.23. The molecule has 2 amide bonds. The summed E-state index contributed by atoms with van der Waals surface area (Å²) < 4.78 is 19.4. The molecule has 5 aliphatic rings. The van der Waals surface area contributed by atoms with Gasteiger partial charge in [0, 0.05) is 24.1 Å². The fraction of sp³-hybridized carbons (Fsp3) is 0.609. The number of hydrogen-bond donors (Lipinski definition) is 2. The van der Waals surface area contributed by atoms with E-state index in [-0.39, 0.29) is 42.8 Å². The molecule has 2 N–H and O–H groups in total. The van der Waals surface area contributed by atoms with Gasteiger partial charge >= 0.3 is 0 Å². The van der Waals surface area contributed by atoms with Crippen LogP contribution >= 0.6 is 0 Å². The van der Waals surface area contributed by atoms with E-state index in [1.54, 1.807) is 12.2 Å². The third-order valence-electron chi connectivity index (χ3n) is 7.21. The summed E-state index contributed by atoms with van der Waals surface area (Å²) in [6, 6.07) is -0.959. The normalized spacial score (nSPS) is 34.7. The van der Waals surface area contributed by atoms with Crippen molar-refractivity contribution in [2.45, 2.75) is 50.4 Å². The molecule has 3 aliphatic heterocycles. The maximum atomic E-state index is 14.3. The van der Waals surface area contributed by atoms with Crippen LogP contribution in [0.4, 0.5) is 4.39 Å². The Labute approximate surface area is 180 Å². The van der Waals surface area contributed by atoms with Crippen molar-refractivity contribution in [3.8, 4) is 0 Å². The Bertz CT molecular complexity index is 895. The van der Waals surface area contributed by atoms with E-state index < -0.39 is 18.1 Å². The number of nitrogens with zero attached hydrogens (tertiary/aromatic N) is 1. The van der Waals surface area contributed by atoms with Crippen molar-refractivity contribution in [2.24, 2.45) is 11.8 Å². The van der Waals surface area contributed by atoms with Gasteiger partial charge in [-0.25, -0.2) is 4.39 Å². The first kappa shape index (κ1) is 20.4. The van der Waals surface area contributed by atoms with Crippen LogP contribution in [0.1, 0.15) is 32.1 Å². The van der Waals surface area contributed by atoms with Gasteiger partial charge in [0.05, 0.1) is 19.2 Å². The van der Waals surface area contributed by atoms with E-state index in [1.165, 1.54) is 0 Å². The van der Waals surface area contributed by atoms with Crippen molar-refractivity contribution in [1.29, 1.82) is 0 Å². The highest BCUT2D eigenvalue weighted by Crippen LogP contribution is 2.38. The predicted octanol–water partition coefficient (Wildman–Crippen LogP) is 1.17. The third-order valence-corrected chi connectivity index (χ3v) is 7.21. The molecule has 31 heavy (non-hydrogen) atoms. The maximum Gasteiger partial charge on any atom is 0.226 e. The van der Waals surface area contributed by atoms with E-state index in [4.69, 9.17) is 4.74 Å². The van der Waals surface area contributed by atoms with Crippen LogP contribution in [0.25, 0.3) is 0 Å². The summed E-state index contributed by atoms with van der Waals surface area (Å²) in [5.74, 6) is -1.16. The Morgan fingerprint density at radius 2 is 2.03 bits per heavy atom. The van der Waals surface area contributed by atoms with Gasteiger partial charge in [0.15, 0.2) is 5.78 Å². The first-order valence-electron chi connectivity index (χ1n) is 11.2. The quantitative estimate of drug-likeness (QED) is 0.703. The molecule has 166 valence electrons. The van der Waals surface area contributed by atoms with Crippen molar-refractivity contribution in [1.82, 2.24) is 15.5 Å². The Morgan fingerprint density at radius 3 is 2.81 bits per heavy atom. The Kier molecular flexibility index (Phi) is 5.42. The van der Waals surface area contributed by atoms with Crippen LogP contribution in [-0.2, 0) is 19.1 Å². The van der Waals surface area contributed by atoms with Gasteiger partial charge in [0.1, 0.15) is 18.8 Å². The standard InChI is InChI=1S/C23H28FN3O4/c24-17-7-3-6-14-13-8-9-27(10-18(13)25-21(14)17)23(30)16-5-2-1-4-15(16)22(29)26-19-11-31-12-20(19)28/h3,6-7,15-17,19,21,25H,1-2,4-5,8-12H2,(H,26,29)/t15-,16-,17?,19+,21?/m1/s1. The SMILES string of the molecule is O=C1COC[C@@H]1NC(=O)[C@@H]1CCCC[C@H]1C(=O)N1CCC2=C(C1)NC1C2=CC=CC1F. The summed E-state index contributed by atoms with van der Waals surface area (Å²) in [4.78, 5) is 40.0. The molecule has 7 nitrogen and oxygen atoms in total. The number of nitrogens with one attached hydrogen (secondary N) is 2. The Morgan fingerprint density at radius 1 is 1.23 bits per heavy atom. The van der Waals surface area contributed by atoms with Crippen LogP contribution in [0.3, 0.4) is 0 Å². The molecule has 0 aromatic heterocycles. The number of allylic oxidation sites excluding steroid dienone is 2. The highest BCUT2D eigenvalue weighted by Gasteiger charge is 2.42. The third kappa shape index (κ3) is 3.71. The molecule has 5 atom stereocenters. The summed E-state index contributed by atoms with van der Waals surface area (Å²) >= 11 is 0. The molecule has 1 saturated carbocycles. The van der Waals surface area contributed by atoms with Gasteiger partial charge in [-0.1, -0.05) is 25.0 Å². The second-order valence-electron chi connectivity index (χ2n) is 9.08. The molecule has 2 aliphatic carbocycles. The zero-order valence-corrected chi connectivity index (χ0v) is 17.4. The highest BCUT2D eigenvalue weighted by molar-refractivity contribution is 5.93. The largest absolute Gasteiger partial charge is 0.377 e. The van der Waals surface area contributed by atoms with Gasteiger partial charge in [0.2, 0.25) is 11.8 Å². The smallest absolute Gasteiger partial charge is 0.226 e. The lowest BCUT2D eigenvalue weighted by molar-refractivity contribution is -0.144. The lowest BCUT2D eigenvalue weighted by Crippen LogP contribution is -2.50. The van der Waals surface area contributed by atoms with Gasteiger partial charge in [-0.3, -0.25) is 14.4 Å². The number of alkyl halides is 1. The second-order valence-corrected chi connectivity index (χ2v) is 9.08. The number of carbonyl (C=O) groups is 3. The molecule has 1 saturated heterocycles. The molecule has 0 aromatic rings. The topological polar surface area (TPSA) is 87.7 Å². The van der Waals surface area contributed by atoms with E-state index in [0.29, 0.717) is 32.4 Å². The highest BCUT2D eigenvalue weighted by atomic mass is 19.1. The zero-order valence-electron chi connectivity index (χ0n) is 17.4. The molecule has 2 fully saturated rings. The fourth-order valence-electron chi connectivity index (χ4n) is 5.53. The summed E-state index contributed by atoms with van der Waals surface area (Å²) in [5.41, 5.74) is 3.04. The number of ether oxygens (including phenoxy) is 1. The molecule has 5 rings (SSSR count). The first-order chi connectivity index (χ1) is 15.0. The van der Waals surface area contributed by atoms with Crippen LogP contribution < -0.4 is 10.6 Å². The fourth-order valence-corrected chi connectivity index (χ4v) is 5.53. The zero-order chi connectivity index (χ0) is 21.5. The predicted molar refractivity (Wildman–Crippen MR) is 110 cm³/mol. The van der Waals surface area contributed by atoms with Gasteiger partial charge in [-0.05, 0) is 36.5 Å². The van der Waals surface area contributed by atoms with Crippen LogP contribution in [0.2, 0.25) is 0 Å². The van der Waals surface area contributed by atoms with Crippen molar-refractivity contribution < 1.29 is 23.5 Å². The number of hydrogen-bond acceptors (Lipinski definition) is 5. The number of amides is 2. The van der Waals surface area contributed by atoms with Crippen molar-refractivity contribution in [3.05, 3.63) is 35.1 Å². The van der Waals surface area contributed by atoms with Gasteiger partial charge < -0.3 is 20.3 Å². The number of halogens is 1. The molecule has 3 heterocycles. The minimum Gasteiger partial charge on any atom is -0.377 e. The minimum absolute atomic E-state index is 0.0130. The number of Topliss-reactive ketones (excluding diaryl/α,β-unsaturated/α-hetero) is 1. The van der Waals surface area contributed by atoms with Crippen LogP contribution in [0.5, 0.6) is 0 Å². The molecular formula is C23H28FN3O4. The molecule has 0 radical (unpaired) electrons. The van der Waals surface area contributed by atoms with Crippen molar-refractivity contribution >= 4 is 17.6 Å². The molecular weight excluding hydrogens is 401 g/mol. The van der Waals surface area contributed by atoms with Crippen molar-refractivity contribution in [2.75, 3.05) is 26.3 Å². The lowest BCUT2D eigenvalue weighted by Gasteiger charge is -2.36. The monoisotopic (exact) mass is 429 g/mol. The second kappa shape index (κ2) is 8.22. The van der Waals surface area contributed by atoms with Gasteiger partial charge in [-0.15, -0.1) is 0 Å². The number of rotatable bonds is 3. The van der Waals surface area contributed by atoms with E-state index in [1.807, 2.05) is 11.0 Å². The molecule has 0 bridgehead atoms. The van der Waals surface area contributed by atoms with Crippen molar-refractivity contribution in [3.63, 3.8) is 0 Å². The van der Waals surface area contributed by atoms with E-state index >= 15 is 0 Å². The Hall–Kier alpha value is -2.48. The summed E-state index contributed by atoms with van der Waals surface area (Å²) in [7, 11) is 0.